The van der Waals surface area contributed by atoms with E-state index in [1.54, 1.807) is 18.2 Å². The van der Waals surface area contributed by atoms with Gasteiger partial charge in [-0.25, -0.2) is 10.2 Å². The van der Waals surface area contributed by atoms with Crippen LogP contribution in [0.4, 0.5) is 0 Å². The fourth-order valence-electron chi connectivity index (χ4n) is 2.98. The molecule has 0 spiro atoms. The predicted molar refractivity (Wildman–Crippen MR) is 98.1 cm³/mol. The molecule has 2 aromatic rings. The van der Waals surface area contributed by atoms with Gasteiger partial charge in [-0.15, -0.1) is 0 Å². The maximum absolute atomic E-state index is 11.5. The number of rotatable bonds is 4. The first-order chi connectivity index (χ1) is 12.5. The Morgan fingerprint density at radius 1 is 1.19 bits per heavy atom. The van der Waals surface area contributed by atoms with Crippen LogP contribution < -0.4 is 11.3 Å². The first-order valence-corrected chi connectivity index (χ1v) is 8.09. The third-order valence-electron chi connectivity index (χ3n) is 4.26. The highest BCUT2D eigenvalue weighted by molar-refractivity contribution is 6.17. The van der Waals surface area contributed by atoms with E-state index in [1.165, 1.54) is 6.07 Å². The number of carboxylic acid groups (broad SMARTS) is 1. The number of carbonyl (C=O) groups excluding carboxylic acids is 1. The van der Waals surface area contributed by atoms with Crippen molar-refractivity contribution in [2.24, 2.45) is 22.0 Å². The van der Waals surface area contributed by atoms with Crippen LogP contribution in [0.2, 0.25) is 0 Å². The van der Waals surface area contributed by atoms with Gasteiger partial charge in [-0.3, -0.25) is 4.79 Å². The van der Waals surface area contributed by atoms with Crippen molar-refractivity contribution >= 4 is 23.3 Å². The molecule has 1 heterocycles. The number of carbonyl (C=O) groups is 2. The van der Waals surface area contributed by atoms with Gasteiger partial charge in [-0.2, -0.15) is 10.2 Å². The Bertz CT molecular complexity index is 917. The lowest BCUT2D eigenvalue weighted by Crippen LogP contribution is -2.31. The summed E-state index contributed by atoms with van der Waals surface area (Å²) in [6, 6.07) is 13.9. The molecule has 0 saturated carbocycles. The zero-order valence-corrected chi connectivity index (χ0v) is 14.1. The van der Waals surface area contributed by atoms with E-state index in [9.17, 15) is 14.7 Å². The van der Waals surface area contributed by atoms with E-state index in [4.69, 9.17) is 5.84 Å². The molecule has 1 amide bonds. The van der Waals surface area contributed by atoms with Crippen LogP contribution in [0.5, 0.6) is 0 Å². The minimum atomic E-state index is -1.04. The summed E-state index contributed by atoms with van der Waals surface area (Å²) in [6.45, 7) is 1.95. The van der Waals surface area contributed by atoms with Gasteiger partial charge in [-0.05, 0) is 11.6 Å². The van der Waals surface area contributed by atoms with E-state index in [0.29, 0.717) is 23.3 Å². The van der Waals surface area contributed by atoms with Crippen molar-refractivity contribution < 1.29 is 14.7 Å². The Balaban J connectivity index is 1.95. The number of nitrogens with two attached hydrogens (primary N) is 1. The SMILES string of the molecule is CC1CC(=O)NN=C1c1ccc(/C(=N/N)c2ccccc2C(=O)O)cc1. The maximum atomic E-state index is 11.5. The monoisotopic (exact) mass is 350 g/mol. The smallest absolute Gasteiger partial charge is 0.336 e. The first kappa shape index (κ1) is 17.3. The van der Waals surface area contributed by atoms with Crippen molar-refractivity contribution in [1.82, 2.24) is 5.43 Å². The van der Waals surface area contributed by atoms with Crippen molar-refractivity contribution in [3.63, 3.8) is 0 Å². The second kappa shape index (κ2) is 7.18. The van der Waals surface area contributed by atoms with Crippen LogP contribution in [-0.2, 0) is 4.79 Å². The summed E-state index contributed by atoms with van der Waals surface area (Å²) >= 11 is 0. The average Bonchev–Trinajstić information content (AvgIpc) is 2.63. The highest BCUT2D eigenvalue weighted by Gasteiger charge is 2.22. The van der Waals surface area contributed by atoms with E-state index in [-0.39, 0.29) is 17.4 Å². The molecule has 2 aromatic carbocycles. The Hall–Kier alpha value is -3.48. The lowest BCUT2D eigenvalue weighted by molar-refractivity contribution is -0.121. The molecule has 4 N–H and O–H groups in total. The van der Waals surface area contributed by atoms with Gasteiger partial charge in [0.25, 0.3) is 0 Å². The Kier molecular flexibility index (Phi) is 4.79. The fourth-order valence-corrected chi connectivity index (χ4v) is 2.98. The molecule has 7 heteroatoms. The number of carboxylic acids is 1. The van der Waals surface area contributed by atoms with Crippen molar-refractivity contribution in [3.05, 3.63) is 70.8 Å². The number of benzene rings is 2. The average molecular weight is 350 g/mol. The zero-order valence-electron chi connectivity index (χ0n) is 14.1. The number of hydrogen-bond donors (Lipinski definition) is 3. The second-order valence-electron chi connectivity index (χ2n) is 6.04. The Morgan fingerprint density at radius 2 is 1.85 bits per heavy atom. The molecule has 1 aliphatic rings. The van der Waals surface area contributed by atoms with Gasteiger partial charge in [0.15, 0.2) is 0 Å². The third-order valence-corrected chi connectivity index (χ3v) is 4.26. The Morgan fingerprint density at radius 3 is 2.42 bits per heavy atom. The van der Waals surface area contributed by atoms with E-state index < -0.39 is 5.97 Å². The molecule has 3 rings (SSSR count). The molecular weight excluding hydrogens is 332 g/mol. The van der Waals surface area contributed by atoms with Gasteiger partial charge in [0.2, 0.25) is 5.91 Å². The molecule has 132 valence electrons. The van der Waals surface area contributed by atoms with Crippen LogP contribution in [0.25, 0.3) is 0 Å². The molecule has 0 bridgehead atoms. The largest absolute Gasteiger partial charge is 0.478 e. The normalized spacial score (nSPS) is 17.4. The summed E-state index contributed by atoms with van der Waals surface area (Å²) in [5.41, 5.74) is 5.84. The zero-order chi connectivity index (χ0) is 18.7. The van der Waals surface area contributed by atoms with Gasteiger partial charge >= 0.3 is 5.97 Å². The molecule has 0 radical (unpaired) electrons. The van der Waals surface area contributed by atoms with Crippen LogP contribution in [0.3, 0.4) is 0 Å². The van der Waals surface area contributed by atoms with Gasteiger partial charge in [0.1, 0.15) is 0 Å². The minimum absolute atomic E-state index is 0.0185. The van der Waals surface area contributed by atoms with Gasteiger partial charge < -0.3 is 10.9 Å². The minimum Gasteiger partial charge on any atom is -0.478 e. The van der Waals surface area contributed by atoms with Crippen molar-refractivity contribution in [2.75, 3.05) is 0 Å². The van der Waals surface area contributed by atoms with Crippen LogP contribution in [0.1, 0.15) is 40.4 Å². The lowest BCUT2D eigenvalue weighted by Gasteiger charge is -2.19. The summed E-state index contributed by atoms with van der Waals surface area (Å²) < 4.78 is 0. The third kappa shape index (κ3) is 3.32. The first-order valence-electron chi connectivity index (χ1n) is 8.09. The van der Waals surface area contributed by atoms with Crippen LogP contribution >= 0.6 is 0 Å². The molecule has 1 unspecified atom stereocenters. The lowest BCUT2D eigenvalue weighted by atomic mass is 9.92. The molecular formula is C19H18N4O3. The Labute approximate surface area is 150 Å². The van der Waals surface area contributed by atoms with E-state index in [0.717, 1.165) is 11.3 Å². The van der Waals surface area contributed by atoms with Crippen LogP contribution in [0, 0.1) is 5.92 Å². The number of nitrogens with zero attached hydrogens (tertiary/aromatic N) is 2. The summed E-state index contributed by atoms with van der Waals surface area (Å²) in [7, 11) is 0. The molecule has 1 aliphatic heterocycles. The molecule has 0 saturated heterocycles. The van der Waals surface area contributed by atoms with E-state index in [2.05, 4.69) is 15.6 Å². The van der Waals surface area contributed by atoms with Gasteiger partial charge in [0, 0.05) is 23.5 Å². The number of amides is 1. The van der Waals surface area contributed by atoms with Crippen molar-refractivity contribution in [3.8, 4) is 0 Å². The number of nitrogens with one attached hydrogen (secondary N) is 1. The number of hydrazone groups is 2. The van der Waals surface area contributed by atoms with Crippen molar-refractivity contribution in [1.29, 1.82) is 0 Å². The van der Waals surface area contributed by atoms with E-state index in [1.807, 2.05) is 31.2 Å². The summed E-state index contributed by atoms with van der Waals surface area (Å²) in [5.74, 6) is 4.43. The standard InChI is InChI=1S/C19H18N4O3/c1-11-10-16(24)22-23-17(11)12-6-8-13(9-7-12)18(21-20)14-4-2-3-5-15(14)19(25)26/h2-9,11H,10,20H2,1H3,(H,22,24)(H,25,26)/b21-18-. The fraction of sp³-hybridized carbons (Fsp3) is 0.158. The van der Waals surface area contributed by atoms with Gasteiger partial charge in [0.05, 0.1) is 17.0 Å². The molecule has 0 fully saturated rings. The molecule has 7 nitrogen and oxygen atoms in total. The molecule has 1 atom stereocenters. The number of hydrogen-bond acceptors (Lipinski definition) is 5. The number of aromatic carboxylic acids is 1. The maximum Gasteiger partial charge on any atom is 0.336 e. The summed E-state index contributed by atoms with van der Waals surface area (Å²) in [6.07, 6.45) is 0.391. The second-order valence-corrected chi connectivity index (χ2v) is 6.04. The van der Waals surface area contributed by atoms with Crippen LogP contribution in [-0.4, -0.2) is 28.4 Å². The predicted octanol–water partition coefficient (Wildman–Crippen LogP) is 1.96. The van der Waals surface area contributed by atoms with Gasteiger partial charge in [-0.1, -0.05) is 49.4 Å². The highest BCUT2D eigenvalue weighted by atomic mass is 16.4. The topological polar surface area (TPSA) is 117 Å². The van der Waals surface area contributed by atoms with Crippen LogP contribution in [0.15, 0.2) is 58.7 Å². The summed E-state index contributed by atoms with van der Waals surface area (Å²) in [4.78, 5) is 22.8. The summed E-state index contributed by atoms with van der Waals surface area (Å²) in [5, 5.41) is 17.3. The quantitative estimate of drug-likeness (QED) is 0.444. The molecule has 26 heavy (non-hydrogen) atoms. The van der Waals surface area contributed by atoms with Crippen molar-refractivity contribution in [2.45, 2.75) is 13.3 Å². The molecule has 0 aromatic heterocycles. The highest BCUT2D eigenvalue weighted by Crippen LogP contribution is 2.20. The van der Waals surface area contributed by atoms with E-state index >= 15 is 0 Å². The molecule has 0 aliphatic carbocycles.